The summed E-state index contributed by atoms with van der Waals surface area (Å²) in [5.74, 6) is 1.01. The third-order valence-electron chi connectivity index (χ3n) is 2.02. The van der Waals surface area contributed by atoms with Crippen LogP contribution in [0.3, 0.4) is 0 Å². The first kappa shape index (κ1) is 10.4. The van der Waals surface area contributed by atoms with E-state index >= 15 is 0 Å². The van der Waals surface area contributed by atoms with E-state index in [9.17, 15) is 0 Å². The third kappa shape index (κ3) is 2.18. The monoisotopic (exact) mass is 191 g/mol. The maximum Gasteiger partial charge on any atom is 0.128 e. The van der Waals surface area contributed by atoms with E-state index in [1.165, 1.54) is 0 Å². The molecule has 0 amide bonds. The van der Waals surface area contributed by atoms with E-state index in [0.717, 1.165) is 5.56 Å². The fourth-order valence-electron chi connectivity index (χ4n) is 1.19. The van der Waals surface area contributed by atoms with Gasteiger partial charge in [0.2, 0.25) is 0 Å². The Labute approximate surface area is 83.1 Å². The van der Waals surface area contributed by atoms with Crippen LogP contribution in [0.2, 0.25) is 0 Å². The average Bonchev–Trinajstić information content (AvgIpc) is 2.18. The molecule has 0 aromatic heterocycles. The third-order valence-corrected chi connectivity index (χ3v) is 2.02. The zero-order valence-corrected chi connectivity index (χ0v) is 8.56. The van der Waals surface area contributed by atoms with Gasteiger partial charge in [0, 0.05) is 4.91 Å². The van der Waals surface area contributed by atoms with Gasteiger partial charge in [0.15, 0.2) is 0 Å². The minimum atomic E-state index is 0.411. The Balaban J connectivity index is 3.20. The normalized spacial score (nSPS) is 9.71. The van der Waals surface area contributed by atoms with Gasteiger partial charge < -0.3 is 4.74 Å². The molecular weight excluding hydrogens is 178 g/mol. The lowest BCUT2D eigenvalue weighted by Gasteiger charge is -2.09. The lowest BCUT2D eigenvalue weighted by molar-refractivity contribution is 0.416. The molecule has 1 aromatic carbocycles. The second-order valence-corrected chi connectivity index (χ2v) is 3.28. The summed E-state index contributed by atoms with van der Waals surface area (Å²) in [6.07, 6.45) is 0. The highest BCUT2D eigenvalue weighted by atomic mass is 16.5. The van der Waals surface area contributed by atoms with Crippen LogP contribution >= 0.6 is 0 Å². The van der Waals surface area contributed by atoms with Crippen molar-refractivity contribution in [3.05, 3.63) is 34.2 Å². The Morgan fingerprint density at radius 3 is 2.64 bits per heavy atom. The van der Waals surface area contributed by atoms with Crippen LogP contribution in [-0.4, -0.2) is 7.11 Å². The van der Waals surface area contributed by atoms with Crippen molar-refractivity contribution < 1.29 is 4.74 Å². The minimum absolute atomic E-state index is 0.411. The van der Waals surface area contributed by atoms with Crippen LogP contribution in [0.5, 0.6) is 5.75 Å². The molecule has 0 bridgehead atoms. The molecule has 0 fully saturated rings. The molecule has 14 heavy (non-hydrogen) atoms. The number of hydrogen-bond acceptors (Lipinski definition) is 2. The highest BCUT2D eigenvalue weighted by molar-refractivity contribution is 5.54. The number of ether oxygens (including phenoxy) is 1. The number of nitrogens with zero attached hydrogens (tertiary/aromatic N) is 3. The number of benzene rings is 1. The summed E-state index contributed by atoms with van der Waals surface area (Å²) >= 11 is 0. The topological polar surface area (TPSA) is 58.0 Å². The Morgan fingerprint density at radius 1 is 1.43 bits per heavy atom. The van der Waals surface area contributed by atoms with Gasteiger partial charge in [-0.3, -0.25) is 0 Å². The SMILES string of the molecule is COc1ccc(C(C)C)cc1N=[N+]=[N-]. The Bertz CT molecular complexity index is 368. The number of rotatable bonds is 3. The molecule has 0 saturated heterocycles. The molecule has 0 aliphatic rings. The molecular formula is C10H13N3O. The Hall–Kier alpha value is -1.67. The molecule has 4 nitrogen and oxygen atoms in total. The van der Waals surface area contributed by atoms with Crippen LogP contribution < -0.4 is 4.74 Å². The summed E-state index contributed by atoms with van der Waals surface area (Å²) in [5, 5.41) is 3.58. The maximum atomic E-state index is 8.37. The summed E-state index contributed by atoms with van der Waals surface area (Å²) in [5.41, 5.74) is 10.0. The van der Waals surface area contributed by atoms with Gasteiger partial charge >= 0.3 is 0 Å². The first-order valence-electron chi connectivity index (χ1n) is 4.42. The fourth-order valence-corrected chi connectivity index (χ4v) is 1.19. The second-order valence-electron chi connectivity index (χ2n) is 3.28. The lowest BCUT2D eigenvalue weighted by Crippen LogP contribution is -1.88. The molecule has 0 atom stereocenters. The van der Waals surface area contributed by atoms with E-state index in [-0.39, 0.29) is 0 Å². The van der Waals surface area contributed by atoms with Crippen molar-refractivity contribution >= 4 is 5.69 Å². The number of methoxy groups -OCH3 is 1. The van der Waals surface area contributed by atoms with Gasteiger partial charge in [0.25, 0.3) is 0 Å². The zero-order valence-electron chi connectivity index (χ0n) is 8.56. The number of hydrogen-bond donors (Lipinski definition) is 0. The molecule has 0 heterocycles. The lowest BCUT2D eigenvalue weighted by atomic mass is 10.0. The van der Waals surface area contributed by atoms with E-state index < -0.39 is 0 Å². The maximum absolute atomic E-state index is 8.37. The van der Waals surface area contributed by atoms with Gasteiger partial charge in [-0.1, -0.05) is 25.0 Å². The predicted molar refractivity (Wildman–Crippen MR) is 55.9 cm³/mol. The van der Waals surface area contributed by atoms with Gasteiger partial charge in [0.05, 0.1) is 12.8 Å². The minimum Gasteiger partial charge on any atom is -0.496 e. The van der Waals surface area contributed by atoms with Crippen molar-refractivity contribution in [1.82, 2.24) is 0 Å². The molecule has 1 rings (SSSR count). The molecule has 0 N–H and O–H groups in total. The summed E-state index contributed by atoms with van der Waals surface area (Å²) in [4.78, 5) is 2.76. The summed E-state index contributed by atoms with van der Waals surface area (Å²) < 4.78 is 5.07. The first-order valence-corrected chi connectivity index (χ1v) is 4.42. The van der Waals surface area contributed by atoms with Crippen LogP contribution in [0.4, 0.5) is 5.69 Å². The van der Waals surface area contributed by atoms with Crippen molar-refractivity contribution in [1.29, 1.82) is 0 Å². The molecule has 0 spiro atoms. The molecule has 0 saturated carbocycles. The van der Waals surface area contributed by atoms with Crippen molar-refractivity contribution in [2.75, 3.05) is 7.11 Å². The predicted octanol–water partition coefficient (Wildman–Crippen LogP) is 3.76. The van der Waals surface area contributed by atoms with Crippen LogP contribution in [0, 0.1) is 0 Å². The quantitative estimate of drug-likeness (QED) is 0.407. The van der Waals surface area contributed by atoms with Crippen molar-refractivity contribution in [2.45, 2.75) is 19.8 Å². The molecule has 74 valence electrons. The second kappa shape index (κ2) is 4.53. The first-order chi connectivity index (χ1) is 6.69. The summed E-state index contributed by atoms with van der Waals surface area (Å²) in [6, 6.07) is 5.64. The Kier molecular flexibility index (Phi) is 3.37. The molecule has 0 aliphatic heterocycles. The van der Waals surface area contributed by atoms with Gasteiger partial charge in [0.1, 0.15) is 5.75 Å². The van der Waals surface area contributed by atoms with Crippen LogP contribution in [0.15, 0.2) is 23.3 Å². The van der Waals surface area contributed by atoms with Crippen LogP contribution in [0.1, 0.15) is 25.3 Å². The largest absolute Gasteiger partial charge is 0.496 e. The highest BCUT2D eigenvalue weighted by Gasteiger charge is 2.04. The highest BCUT2D eigenvalue weighted by Crippen LogP contribution is 2.30. The molecule has 1 aromatic rings. The van der Waals surface area contributed by atoms with Gasteiger partial charge in [-0.05, 0) is 29.1 Å². The van der Waals surface area contributed by atoms with E-state index in [1.54, 1.807) is 7.11 Å². The van der Waals surface area contributed by atoms with Crippen molar-refractivity contribution in [3.63, 3.8) is 0 Å². The Morgan fingerprint density at radius 2 is 2.14 bits per heavy atom. The van der Waals surface area contributed by atoms with E-state index in [1.807, 2.05) is 18.2 Å². The standard InChI is InChI=1S/C10H13N3O/c1-7(2)8-4-5-10(14-3)9(6-8)12-13-11/h4-7H,1-3H3. The summed E-state index contributed by atoms with van der Waals surface area (Å²) in [6.45, 7) is 4.17. The molecule has 0 unspecified atom stereocenters. The average molecular weight is 191 g/mol. The van der Waals surface area contributed by atoms with E-state index in [0.29, 0.717) is 17.4 Å². The van der Waals surface area contributed by atoms with Gasteiger partial charge in [-0.15, -0.1) is 0 Å². The summed E-state index contributed by atoms with van der Waals surface area (Å²) in [7, 11) is 1.56. The van der Waals surface area contributed by atoms with Gasteiger partial charge in [-0.25, -0.2) is 0 Å². The van der Waals surface area contributed by atoms with Crippen LogP contribution in [0.25, 0.3) is 10.4 Å². The van der Waals surface area contributed by atoms with Gasteiger partial charge in [-0.2, -0.15) is 0 Å². The van der Waals surface area contributed by atoms with Crippen molar-refractivity contribution in [2.24, 2.45) is 5.11 Å². The molecule has 0 aliphatic carbocycles. The van der Waals surface area contributed by atoms with E-state index in [4.69, 9.17) is 10.3 Å². The smallest absolute Gasteiger partial charge is 0.128 e. The zero-order chi connectivity index (χ0) is 10.6. The van der Waals surface area contributed by atoms with E-state index in [2.05, 4.69) is 23.9 Å². The van der Waals surface area contributed by atoms with Crippen molar-refractivity contribution in [3.8, 4) is 5.75 Å². The molecule has 4 heteroatoms. The number of azide groups is 1. The van der Waals surface area contributed by atoms with Crippen LogP contribution in [-0.2, 0) is 0 Å². The fraction of sp³-hybridized carbons (Fsp3) is 0.400. The molecule has 0 radical (unpaired) electrons.